The molecule has 0 aromatic carbocycles. The van der Waals surface area contributed by atoms with Gasteiger partial charge in [0.05, 0.1) is 18.3 Å². The van der Waals surface area contributed by atoms with Crippen LogP contribution in [0.5, 0.6) is 0 Å². The van der Waals surface area contributed by atoms with Crippen LogP contribution in [0.15, 0.2) is 0 Å². The van der Waals surface area contributed by atoms with E-state index in [0.29, 0.717) is 13.0 Å². The molecule has 0 spiro atoms. The molecule has 0 fully saturated rings. The van der Waals surface area contributed by atoms with Crippen LogP contribution >= 0.6 is 0 Å². The lowest BCUT2D eigenvalue weighted by Crippen LogP contribution is -2.28. The minimum absolute atomic E-state index is 0.0198. The van der Waals surface area contributed by atoms with E-state index in [2.05, 4.69) is 0 Å². The summed E-state index contributed by atoms with van der Waals surface area (Å²) in [5.74, 6) is 0. The van der Waals surface area contributed by atoms with E-state index in [4.69, 9.17) is 9.84 Å². The van der Waals surface area contributed by atoms with Crippen LogP contribution in [0, 0.1) is 0 Å². The molecule has 68 valence electrons. The van der Waals surface area contributed by atoms with E-state index in [1.54, 1.807) is 13.8 Å². The Morgan fingerprint density at radius 1 is 1.45 bits per heavy atom. The second-order valence-electron chi connectivity index (χ2n) is 3.45. The summed E-state index contributed by atoms with van der Waals surface area (Å²) < 4.78 is 5.24. The van der Waals surface area contributed by atoms with Gasteiger partial charge in [0.25, 0.3) is 0 Å². The Kier molecular flexibility index (Phi) is 4.65. The summed E-state index contributed by atoms with van der Waals surface area (Å²) >= 11 is 0. The molecule has 1 atom stereocenters. The molecular formula is C8H18O3. The maximum Gasteiger partial charge on any atom is 0.0824 e. The van der Waals surface area contributed by atoms with Gasteiger partial charge in [0.1, 0.15) is 0 Å². The summed E-state index contributed by atoms with van der Waals surface area (Å²) in [5.41, 5.74) is -0.774. The van der Waals surface area contributed by atoms with Gasteiger partial charge in [-0.3, -0.25) is 0 Å². The van der Waals surface area contributed by atoms with E-state index in [-0.39, 0.29) is 12.7 Å². The van der Waals surface area contributed by atoms with Gasteiger partial charge in [0.2, 0.25) is 0 Å². The average molecular weight is 162 g/mol. The molecule has 0 rings (SSSR count). The monoisotopic (exact) mass is 162 g/mol. The maximum atomic E-state index is 9.25. The van der Waals surface area contributed by atoms with Crippen molar-refractivity contribution in [3.05, 3.63) is 0 Å². The molecule has 2 N–H and O–H groups in total. The average Bonchev–Trinajstić information content (AvgIpc) is 1.83. The highest BCUT2D eigenvalue weighted by molar-refractivity contribution is 4.64. The van der Waals surface area contributed by atoms with Crippen LogP contribution in [0.4, 0.5) is 0 Å². The first kappa shape index (κ1) is 10.9. The highest BCUT2D eigenvalue weighted by atomic mass is 16.5. The quantitative estimate of drug-likeness (QED) is 0.620. The zero-order chi connectivity index (χ0) is 8.91. The molecule has 1 unspecified atom stereocenters. The maximum absolute atomic E-state index is 9.25. The van der Waals surface area contributed by atoms with E-state index in [0.717, 1.165) is 0 Å². The van der Waals surface area contributed by atoms with Crippen molar-refractivity contribution in [1.82, 2.24) is 0 Å². The molecule has 3 nitrogen and oxygen atoms in total. The predicted molar refractivity (Wildman–Crippen MR) is 43.4 cm³/mol. The van der Waals surface area contributed by atoms with Crippen molar-refractivity contribution in [3.63, 3.8) is 0 Å². The van der Waals surface area contributed by atoms with Crippen LogP contribution in [0.3, 0.4) is 0 Å². The molecule has 0 amide bonds. The Morgan fingerprint density at radius 2 is 2.00 bits per heavy atom. The molecule has 0 bridgehead atoms. The Labute approximate surface area is 68.0 Å². The summed E-state index contributed by atoms with van der Waals surface area (Å²) in [7, 11) is 0. The smallest absolute Gasteiger partial charge is 0.0824 e. The van der Waals surface area contributed by atoms with E-state index >= 15 is 0 Å². The van der Waals surface area contributed by atoms with Crippen molar-refractivity contribution in [2.24, 2.45) is 0 Å². The lowest BCUT2D eigenvalue weighted by Gasteiger charge is -2.20. The van der Waals surface area contributed by atoms with Gasteiger partial charge in [0, 0.05) is 6.61 Å². The van der Waals surface area contributed by atoms with E-state index in [9.17, 15) is 5.11 Å². The molecule has 0 aromatic heterocycles. The SMILES string of the molecule is CC(CCO)OCC(C)(C)O. The second-order valence-corrected chi connectivity index (χ2v) is 3.45. The number of aliphatic hydroxyl groups is 2. The number of hydrogen-bond acceptors (Lipinski definition) is 3. The molecule has 3 heteroatoms. The van der Waals surface area contributed by atoms with Crippen LogP contribution in [0.25, 0.3) is 0 Å². The minimum atomic E-state index is -0.774. The van der Waals surface area contributed by atoms with Gasteiger partial charge in [0.15, 0.2) is 0 Å². The largest absolute Gasteiger partial charge is 0.396 e. The number of ether oxygens (including phenoxy) is 1. The van der Waals surface area contributed by atoms with Crippen molar-refractivity contribution in [3.8, 4) is 0 Å². The van der Waals surface area contributed by atoms with E-state index < -0.39 is 5.60 Å². The number of hydrogen-bond donors (Lipinski definition) is 2. The first-order valence-corrected chi connectivity index (χ1v) is 3.90. The number of rotatable bonds is 5. The van der Waals surface area contributed by atoms with Gasteiger partial charge < -0.3 is 14.9 Å². The standard InChI is InChI=1S/C8H18O3/c1-7(4-5-9)11-6-8(2,3)10/h7,9-10H,4-6H2,1-3H3. The summed E-state index contributed by atoms with van der Waals surface area (Å²) in [6, 6.07) is 0. The molecule has 0 aliphatic heterocycles. The van der Waals surface area contributed by atoms with E-state index in [1.807, 2.05) is 6.92 Å². The van der Waals surface area contributed by atoms with Gasteiger partial charge in [-0.2, -0.15) is 0 Å². The van der Waals surface area contributed by atoms with Crippen molar-refractivity contribution in [1.29, 1.82) is 0 Å². The van der Waals surface area contributed by atoms with Crippen molar-refractivity contribution >= 4 is 0 Å². The molecule has 0 saturated heterocycles. The topological polar surface area (TPSA) is 49.7 Å². The summed E-state index contributed by atoms with van der Waals surface area (Å²) in [4.78, 5) is 0. The molecular weight excluding hydrogens is 144 g/mol. The van der Waals surface area contributed by atoms with Gasteiger partial charge >= 0.3 is 0 Å². The van der Waals surface area contributed by atoms with Gasteiger partial charge in [-0.05, 0) is 27.2 Å². The fourth-order valence-electron chi connectivity index (χ4n) is 0.611. The molecule has 11 heavy (non-hydrogen) atoms. The van der Waals surface area contributed by atoms with Gasteiger partial charge in [-0.15, -0.1) is 0 Å². The first-order chi connectivity index (χ1) is 4.95. The summed E-state index contributed by atoms with van der Waals surface area (Å²) in [5, 5.41) is 17.8. The third-order valence-corrected chi connectivity index (χ3v) is 1.26. The lowest BCUT2D eigenvalue weighted by atomic mass is 10.1. The molecule has 0 saturated carbocycles. The van der Waals surface area contributed by atoms with Gasteiger partial charge in [-0.1, -0.05) is 0 Å². The molecule has 0 heterocycles. The Balaban J connectivity index is 3.38. The molecule has 0 aromatic rings. The molecule has 0 radical (unpaired) electrons. The number of aliphatic hydroxyl groups excluding tert-OH is 1. The molecule has 0 aliphatic rings. The Morgan fingerprint density at radius 3 is 2.36 bits per heavy atom. The predicted octanol–water partition coefficient (Wildman–Crippen LogP) is 0.545. The fourth-order valence-corrected chi connectivity index (χ4v) is 0.611. The first-order valence-electron chi connectivity index (χ1n) is 3.90. The van der Waals surface area contributed by atoms with Crippen LogP contribution in [-0.4, -0.2) is 35.1 Å². The minimum Gasteiger partial charge on any atom is -0.396 e. The van der Waals surface area contributed by atoms with Crippen LogP contribution in [0.1, 0.15) is 27.2 Å². The van der Waals surface area contributed by atoms with Crippen LogP contribution < -0.4 is 0 Å². The normalized spacial score (nSPS) is 15.0. The van der Waals surface area contributed by atoms with Crippen molar-refractivity contribution in [2.75, 3.05) is 13.2 Å². The lowest BCUT2D eigenvalue weighted by molar-refractivity contribution is -0.0527. The van der Waals surface area contributed by atoms with Gasteiger partial charge in [-0.25, -0.2) is 0 Å². The Hall–Kier alpha value is -0.120. The third-order valence-electron chi connectivity index (χ3n) is 1.26. The highest BCUT2D eigenvalue weighted by Crippen LogP contribution is 2.05. The van der Waals surface area contributed by atoms with Crippen LogP contribution in [0.2, 0.25) is 0 Å². The van der Waals surface area contributed by atoms with Crippen molar-refractivity contribution in [2.45, 2.75) is 38.9 Å². The Bertz CT molecular complexity index is 96.0. The van der Waals surface area contributed by atoms with E-state index in [1.165, 1.54) is 0 Å². The van der Waals surface area contributed by atoms with Crippen LogP contribution in [-0.2, 0) is 4.74 Å². The zero-order valence-electron chi connectivity index (χ0n) is 7.50. The fraction of sp³-hybridized carbons (Fsp3) is 1.00. The third kappa shape index (κ3) is 7.78. The highest BCUT2D eigenvalue weighted by Gasteiger charge is 2.14. The van der Waals surface area contributed by atoms with Crippen molar-refractivity contribution < 1.29 is 14.9 Å². The summed E-state index contributed by atoms with van der Waals surface area (Å²) in [6.07, 6.45) is 0.641. The molecule has 0 aliphatic carbocycles. The second kappa shape index (κ2) is 4.70. The summed E-state index contributed by atoms with van der Waals surface area (Å²) in [6.45, 7) is 5.71. The zero-order valence-corrected chi connectivity index (χ0v) is 7.50.